The van der Waals surface area contributed by atoms with E-state index >= 15 is 0 Å². The van der Waals surface area contributed by atoms with Crippen LogP contribution < -0.4 is 9.64 Å². The fourth-order valence-corrected chi connectivity index (χ4v) is 5.47. The second-order valence-corrected chi connectivity index (χ2v) is 11.8. The Balaban J connectivity index is 1.16. The summed E-state index contributed by atoms with van der Waals surface area (Å²) in [6.45, 7) is 0.998. The Morgan fingerprint density at radius 2 is 1.33 bits per heavy atom. The molecule has 1 aliphatic rings. The van der Waals surface area contributed by atoms with Crippen molar-refractivity contribution in [2.75, 3.05) is 36.6 Å². The van der Waals surface area contributed by atoms with Crippen molar-refractivity contribution in [1.82, 2.24) is 0 Å². The molecule has 226 valence electrons. The van der Waals surface area contributed by atoms with E-state index in [0.29, 0.717) is 18.7 Å². The summed E-state index contributed by atoms with van der Waals surface area (Å²) in [7, 11) is 1.98. The number of rotatable bonds is 18. The molecule has 1 N–H and O–H groups in total. The van der Waals surface area contributed by atoms with Crippen LogP contribution in [-0.2, 0) is 4.74 Å². The first-order valence-corrected chi connectivity index (χ1v) is 16.5. The number of likely N-dealkylation sites (N-methyl/N-ethyl adjacent to an activating group) is 1. The van der Waals surface area contributed by atoms with Crippen molar-refractivity contribution in [2.45, 2.75) is 43.4 Å². The van der Waals surface area contributed by atoms with E-state index in [2.05, 4.69) is 39.9 Å². The number of hydrogen-bond donors (Lipinski definition) is 2. The number of allylic oxidation sites excluding steroid dienone is 5. The smallest absolute Gasteiger partial charge is 0.284 e. The summed E-state index contributed by atoms with van der Waals surface area (Å²) >= 11 is 6.18. The summed E-state index contributed by atoms with van der Waals surface area (Å²) in [5, 5.41) is 18.7. The van der Waals surface area contributed by atoms with Crippen LogP contribution in [0.5, 0.6) is 11.5 Å². The predicted octanol–water partition coefficient (Wildman–Crippen LogP) is 10.6. The average molecular weight is 616 g/mol. The first-order chi connectivity index (χ1) is 21.1. The highest BCUT2D eigenvalue weighted by atomic mass is 32.2. The van der Waals surface area contributed by atoms with Gasteiger partial charge in [-0.3, -0.25) is 0 Å². The zero-order valence-electron chi connectivity index (χ0n) is 24.8. The number of hydrogen-bond acceptors (Lipinski definition) is 8. The Morgan fingerprint density at radius 1 is 0.767 bits per heavy atom. The molecule has 0 aliphatic heterocycles. The zero-order valence-corrected chi connectivity index (χ0v) is 26.5. The number of thioether (sulfide) groups is 1. The summed E-state index contributed by atoms with van der Waals surface area (Å²) in [5.74, 6) is 3.68. The van der Waals surface area contributed by atoms with Crippen LogP contribution in [0.25, 0.3) is 0 Å². The van der Waals surface area contributed by atoms with Crippen molar-refractivity contribution in [1.29, 1.82) is 0 Å². The van der Waals surface area contributed by atoms with Gasteiger partial charge in [0.2, 0.25) is 0 Å². The van der Waals surface area contributed by atoms with E-state index in [4.69, 9.17) is 9.47 Å². The second kappa shape index (κ2) is 18.1. The third-order valence-electron chi connectivity index (χ3n) is 6.86. The van der Waals surface area contributed by atoms with Gasteiger partial charge in [0.1, 0.15) is 18.1 Å². The van der Waals surface area contributed by atoms with Crippen LogP contribution >= 0.6 is 24.4 Å². The van der Waals surface area contributed by atoms with E-state index in [1.54, 1.807) is 0 Å². The molecule has 1 aliphatic carbocycles. The molecule has 3 aromatic rings. The van der Waals surface area contributed by atoms with Gasteiger partial charge in [0.15, 0.2) is 0 Å². The van der Waals surface area contributed by atoms with Gasteiger partial charge >= 0.3 is 0 Å². The third kappa shape index (κ3) is 11.5. The highest BCUT2D eigenvalue weighted by molar-refractivity contribution is 7.99. The van der Waals surface area contributed by atoms with Gasteiger partial charge in [-0.2, -0.15) is 22.9 Å². The molecule has 0 spiro atoms. The molecule has 0 atom stereocenters. The summed E-state index contributed by atoms with van der Waals surface area (Å²) in [5.41, 5.74) is 3.22. The van der Waals surface area contributed by atoms with E-state index in [9.17, 15) is 5.11 Å². The minimum absolute atomic E-state index is 0.0512. The van der Waals surface area contributed by atoms with E-state index in [1.807, 2.05) is 104 Å². The lowest BCUT2D eigenvalue weighted by Crippen LogP contribution is -2.22. The van der Waals surface area contributed by atoms with Crippen LogP contribution in [-0.4, -0.2) is 36.8 Å². The number of azo groups is 1. The maximum atomic E-state index is 9.97. The third-order valence-corrected chi connectivity index (χ3v) is 8.28. The van der Waals surface area contributed by atoms with E-state index in [1.165, 1.54) is 43.4 Å². The molecular weight excluding hydrogens is 575 g/mol. The molecule has 3 aromatic carbocycles. The number of nitrogens with zero attached hydrogens (tertiary/aromatic N) is 3. The van der Waals surface area contributed by atoms with Crippen molar-refractivity contribution in [2.24, 2.45) is 10.2 Å². The Hall–Kier alpha value is -3.62. The van der Waals surface area contributed by atoms with Gasteiger partial charge in [-0.1, -0.05) is 37.8 Å². The normalized spacial score (nSPS) is 12.3. The zero-order chi connectivity index (χ0) is 30.1. The van der Waals surface area contributed by atoms with Crippen LogP contribution in [0.4, 0.5) is 17.1 Å². The molecule has 4 rings (SSSR count). The van der Waals surface area contributed by atoms with Crippen LogP contribution in [0.15, 0.2) is 124 Å². The molecule has 0 amide bonds. The Morgan fingerprint density at radius 3 is 1.95 bits per heavy atom. The first-order valence-electron chi connectivity index (χ1n) is 14.9. The summed E-state index contributed by atoms with van der Waals surface area (Å²) in [6.07, 6.45) is 15.1. The maximum absolute atomic E-state index is 9.97. The lowest BCUT2D eigenvalue weighted by atomic mass is 10.1. The van der Waals surface area contributed by atoms with Gasteiger partial charge in [-0.15, -0.1) is 11.8 Å². The van der Waals surface area contributed by atoms with Gasteiger partial charge in [0, 0.05) is 17.6 Å². The van der Waals surface area contributed by atoms with Gasteiger partial charge in [0.05, 0.1) is 23.5 Å². The Labute approximate surface area is 265 Å². The number of ether oxygens (including phenoxy) is 2. The molecular formula is C35H41N3O3S2. The number of unbranched alkanes of at least 4 members (excludes halogenated alkanes) is 5. The Kier molecular flexibility index (Phi) is 13.6. The topological polar surface area (TPSA) is 66.7 Å². The fourth-order valence-electron chi connectivity index (χ4n) is 4.33. The van der Waals surface area contributed by atoms with Crippen molar-refractivity contribution >= 4 is 41.5 Å². The summed E-state index contributed by atoms with van der Waals surface area (Å²) in [4.78, 5) is 3.33. The number of aliphatic hydroxyl groups excluding tert-OH is 1. The molecule has 0 saturated heterocycles. The van der Waals surface area contributed by atoms with Gasteiger partial charge in [-0.25, -0.2) is 0 Å². The van der Waals surface area contributed by atoms with Crippen LogP contribution in [0.3, 0.4) is 0 Å². The molecule has 0 saturated carbocycles. The molecule has 6 nitrogen and oxygen atoms in total. The lowest BCUT2D eigenvalue weighted by Gasteiger charge is -2.19. The van der Waals surface area contributed by atoms with Gasteiger partial charge in [-0.05, 0) is 109 Å². The van der Waals surface area contributed by atoms with Crippen LogP contribution in [0, 0.1) is 0 Å². The molecule has 43 heavy (non-hydrogen) atoms. The minimum atomic E-state index is -0.0512. The number of aliphatic hydroxyl groups is 1. The average Bonchev–Trinajstić information content (AvgIpc) is 3.58. The SMILES string of the molecule is CN(CCOC(O)=C1C=CC=C1)c1ccc(N=Nc2ccc(Oc3ccc(SCCCCCCCCS)cc3)cc2)cc1. The van der Waals surface area contributed by atoms with Crippen molar-refractivity contribution in [3.8, 4) is 11.5 Å². The fraction of sp³-hybridized carbons (Fsp3) is 0.314. The maximum Gasteiger partial charge on any atom is 0.284 e. The highest BCUT2D eigenvalue weighted by Crippen LogP contribution is 2.28. The predicted molar refractivity (Wildman–Crippen MR) is 183 cm³/mol. The van der Waals surface area contributed by atoms with E-state index in [0.717, 1.165) is 40.1 Å². The Bertz CT molecular complexity index is 1350. The molecule has 0 bridgehead atoms. The molecule has 0 unspecified atom stereocenters. The molecule has 0 heterocycles. The summed E-state index contributed by atoms with van der Waals surface area (Å²) in [6, 6.07) is 23.7. The summed E-state index contributed by atoms with van der Waals surface area (Å²) < 4.78 is 11.5. The highest BCUT2D eigenvalue weighted by Gasteiger charge is 2.06. The monoisotopic (exact) mass is 615 g/mol. The van der Waals surface area contributed by atoms with Crippen molar-refractivity contribution in [3.05, 3.63) is 109 Å². The van der Waals surface area contributed by atoms with E-state index < -0.39 is 0 Å². The second-order valence-electron chi connectivity index (χ2n) is 10.2. The number of anilines is 1. The quantitative estimate of drug-likeness (QED) is 0.0490. The lowest BCUT2D eigenvalue weighted by molar-refractivity contribution is 0.0958. The molecule has 0 radical (unpaired) electrons. The standard InChI is InChI=1S/C35H41N3O3S2/c1-38(24-25-40-35(39)28-10-6-7-11-28)31-16-12-29(13-17-31)36-37-30-14-18-32(19-15-30)41-33-20-22-34(23-21-33)43-27-9-5-3-2-4-8-26-42/h6-7,10-23,39,42H,2-5,8-9,24-27H2,1H3. The molecule has 0 fully saturated rings. The molecule has 8 heteroatoms. The van der Waals surface area contributed by atoms with Crippen molar-refractivity contribution in [3.63, 3.8) is 0 Å². The van der Waals surface area contributed by atoms with Gasteiger partial charge < -0.3 is 19.5 Å². The van der Waals surface area contributed by atoms with Crippen molar-refractivity contribution < 1.29 is 14.6 Å². The number of thiol groups is 1. The number of benzene rings is 3. The first kappa shape index (κ1) is 32.3. The van der Waals surface area contributed by atoms with E-state index in [-0.39, 0.29) is 5.95 Å². The van der Waals surface area contributed by atoms with Gasteiger partial charge in [0.25, 0.3) is 5.95 Å². The minimum Gasteiger partial charge on any atom is -0.481 e. The van der Waals surface area contributed by atoms with Crippen LogP contribution in [0.1, 0.15) is 38.5 Å². The largest absolute Gasteiger partial charge is 0.481 e. The van der Waals surface area contributed by atoms with Crippen LogP contribution in [0.2, 0.25) is 0 Å². The molecule has 0 aromatic heterocycles.